The van der Waals surface area contributed by atoms with Gasteiger partial charge in [0, 0.05) is 38.6 Å². The van der Waals surface area contributed by atoms with Crippen molar-refractivity contribution >= 4 is 15.9 Å². The van der Waals surface area contributed by atoms with Gasteiger partial charge in [-0.05, 0) is 26.3 Å². The number of unbranched alkanes of at least 4 members (excludes halogenated alkanes) is 1. The van der Waals surface area contributed by atoms with Crippen LogP contribution in [0.1, 0.15) is 38.4 Å². The topological polar surface area (TPSA) is 96.3 Å². The minimum atomic E-state index is -3.25. The summed E-state index contributed by atoms with van der Waals surface area (Å²) in [5.41, 5.74) is 0. The third-order valence-corrected chi connectivity index (χ3v) is 6.27. The van der Waals surface area contributed by atoms with Crippen LogP contribution in [0, 0.1) is 5.92 Å². The Bertz CT molecular complexity index is 688. The highest BCUT2D eigenvalue weighted by molar-refractivity contribution is 7.89. The fourth-order valence-electron chi connectivity index (χ4n) is 3.25. The van der Waals surface area contributed by atoms with E-state index in [1.165, 1.54) is 0 Å². The average Bonchev–Trinajstić information content (AvgIpc) is 2.89. The Labute approximate surface area is 156 Å². The van der Waals surface area contributed by atoms with Gasteiger partial charge in [-0.3, -0.25) is 4.79 Å². The lowest BCUT2D eigenvalue weighted by Crippen LogP contribution is -2.42. The fourth-order valence-corrected chi connectivity index (χ4v) is 4.73. The van der Waals surface area contributed by atoms with Crippen molar-refractivity contribution in [1.29, 1.82) is 0 Å². The maximum absolute atomic E-state index is 12.5. The van der Waals surface area contributed by atoms with Crippen molar-refractivity contribution in [3.8, 4) is 0 Å². The molecule has 9 heteroatoms. The largest absolute Gasteiger partial charge is 0.349 e. The molecule has 0 spiro atoms. The van der Waals surface area contributed by atoms with Crippen LogP contribution in [-0.2, 0) is 28.4 Å². The smallest absolute Gasteiger partial charge is 0.224 e. The van der Waals surface area contributed by atoms with E-state index in [-0.39, 0.29) is 23.6 Å². The van der Waals surface area contributed by atoms with Gasteiger partial charge in [0.1, 0.15) is 5.82 Å². The van der Waals surface area contributed by atoms with Crippen LogP contribution >= 0.6 is 0 Å². The predicted molar refractivity (Wildman–Crippen MR) is 101 cm³/mol. The highest BCUT2D eigenvalue weighted by Crippen LogP contribution is 2.17. The summed E-state index contributed by atoms with van der Waals surface area (Å²) in [7, 11) is 0.567. The first-order valence-corrected chi connectivity index (χ1v) is 10.9. The number of imidazole rings is 1. The summed E-state index contributed by atoms with van der Waals surface area (Å²) < 4.78 is 29.0. The van der Waals surface area contributed by atoms with E-state index >= 15 is 0 Å². The number of hydrogen-bond donors (Lipinski definition) is 2. The molecule has 1 fully saturated rings. The number of likely N-dealkylation sites (tertiary alicyclic amines) is 1. The summed E-state index contributed by atoms with van der Waals surface area (Å²) in [5.74, 6) is 0.818. The molecule has 2 atom stereocenters. The number of nitrogens with one attached hydrogen (secondary N) is 2. The van der Waals surface area contributed by atoms with Gasteiger partial charge in [0.25, 0.3) is 0 Å². The van der Waals surface area contributed by atoms with Crippen molar-refractivity contribution in [1.82, 2.24) is 24.5 Å². The van der Waals surface area contributed by atoms with Crippen LogP contribution in [0.15, 0.2) is 12.4 Å². The lowest BCUT2D eigenvalue weighted by Gasteiger charge is -2.21. The zero-order valence-electron chi connectivity index (χ0n) is 15.9. The van der Waals surface area contributed by atoms with Crippen molar-refractivity contribution in [2.24, 2.45) is 13.0 Å². The number of amides is 1. The Morgan fingerprint density at radius 3 is 2.73 bits per heavy atom. The maximum Gasteiger partial charge on any atom is 0.224 e. The summed E-state index contributed by atoms with van der Waals surface area (Å²) in [6, 6.07) is -0.144. The van der Waals surface area contributed by atoms with E-state index in [4.69, 9.17) is 0 Å². The molecule has 1 aliphatic heterocycles. The Morgan fingerprint density at radius 2 is 2.08 bits per heavy atom. The molecular weight excluding hydrogens is 354 g/mol. The molecule has 0 aromatic carbocycles. The molecule has 0 saturated carbocycles. The molecule has 1 amide bonds. The van der Waals surface area contributed by atoms with E-state index in [9.17, 15) is 13.2 Å². The monoisotopic (exact) mass is 385 g/mol. The number of sulfonamides is 1. The van der Waals surface area contributed by atoms with E-state index in [0.29, 0.717) is 38.9 Å². The van der Waals surface area contributed by atoms with Crippen LogP contribution in [0.2, 0.25) is 0 Å². The molecule has 2 heterocycles. The molecule has 26 heavy (non-hydrogen) atoms. The van der Waals surface area contributed by atoms with Crippen molar-refractivity contribution in [3.05, 3.63) is 18.2 Å². The van der Waals surface area contributed by atoms with Crippen molar-refractivity contribution in [2.45, 2.75) is 45.2 Å². The molecule has 1 aromatic rings. The first kappa shape index (κ1) is 20.9. The van der Waals surface area contributed by atoms with Crippen LogP contribution in [0.5, 0.6) is 0 Å². The standard InChI is InChI=1S/C17H31N5O3S/c1-4-5-10-26(24,25)20-15-7-6-14(12-21(2)13-15)17(23)19-11-16-18-8-9-22(16)3/h8-9,14-15,20H,4-7,10-13H2,1-3H3,(H,19,23)/t14-,15+/m1/s1. The van der Waals surface area contributed by atoms with Gasteiger partial charge >= 0.3 is 0 Å². The molecule has 2 N–H and O–H groups in total. The molecule has 0 radical (unpaired) electrons. The van der Waals surface area contributed by atoms with Gasteiger partial charge in [0.2, 0.25) is 15.9 Å². The summed E-state index contributed by atoms with van der Waals surface area (Å²) >= 11 is 0. The quantitative estimate of drug-likeness (QED) is 0.678. The van der Waals surface area contributed by atoms with Gasteiger partial charge in [-0.25, -0.2) is 18.1 Å². The molecule has 0 bridgehead atoms. The van der Waals surface area contributed by atoms with Gasteiger partial charge < -0.3 is 14.8 Å². The van der Waals surface area contributed by atoms with Crippen molar-refractivity contribution in [3.63, 3.8) is 0 Å². The Morgan fingerprint density at radius 1 is 1.31 bits per heavy atom. The van der Waals surface area contributed by atoms with E-state index < -0.39 is 10.0 Å². The second-order valence-corrected chi connectivity index (χ2v) is 9.03. The second kappa shape index (κ2) is 9.48. The summed E-state index contributed by atoms with van der Waals surface area (Å²) in [6.45, 7) is 3.62. The Balaban J connectivity index is 1.87. The number of carbonyl (C=O) groups is 1. The minimum absolute atomic E-state index is 0.00524. The zero-order chi connectivity index (χ0) is 19.2. The fraction of sp³-hybridized carbons (Fsp3) is 0.765. The first-order valence-electron chi connectivity index (χ1n) is 9.23. The number of likely N-dealkylation sites (N-methyl/N-ethyl adjacent to an activating group) is 1. The molecule has 1 aliphatic rings. The minimum Gasteiger partial charge on any atom is -0.349 e. The van der Waals surface area contributed by atoms with Crippen molar-refractivity contribution in [2.75, 3.05) is 25.9 Å². The number of hydrogen-bond acceptors (Lipinski definition) is 5. The maximum atomic E-state index is 12.5. The first-order chi connectivity index (χ1) is 12.3. The molecule has 1 aromatic heterocycles. The molecule has 1 saturated heterocycles. The van der Waals surface area contributed by atoms with E-state index in [1.54, 1.807) is 6.20 Å². The van der Waals surface area contributed by atoms with Gasteiger partial charge in [0.05, 0.1) is 18.2 Å². The molecule has 148 valence electrons. The van der Waals surface area contributed by atoms with Crippen molar-refractivity contribution < 1.29 is 13.2 Å². The molecule has 8 nitrogen and oxygen atoms in total. The van der Waals surface area contributed by atoms with Crippen LogP contribution in [-0.4, -0.2) is 60.7 Å². The molecule has 0 unspecified atom stereocenters. The van der Waals surface area contributed by atoms with Gasteiger partial charge in [-0.1, -0.05) is 13.3 Å². The summed E-state index contributed by atoms with van der Waals surface area (Å²) in [6.07, 6.45) is 6.39. The summed E-state index contributed by atoms with van der Waals surface area (Å²) in [5, 5.41) is 2.95. The van der Waals surface area contributed by atoms with Crippen LogP contribution in [0.3, 0.4) is 0 Å². The number of aryl methyl sites for hydroxylation is 1. The number of carbonyl (C=O) groups excluding carboxylic acids is 1. The highest BCUT2D eigenvalue weighted by atomic mass is 32.2. The zero-order valence-corrected chi connectivity index (χ0v) is 16.8. The third-order valence-electron chi connectivity index (χ3n) is 4.75. The Hall–Kier alpha value is -1.45. The van der Waals surface area contributed by atoms with E-state index in [2.05, 4.69) is 15.0 Å². The average molecular weight is 386 g/mol. The molecule has 2 rings (SSSR count). The van der Waals surface area contributed by atoms with E-state index in [0.717, 1.165) is 12.2 Å². The van der Waals surface area contributed by atoms with Crippen LogP contribution in [0.25, 0.3) is 0 Å². The third kappa shape index (κ3) is 6.37. The number of aromatic nitrogens is 2. The van der Waals surface area contributed by atoms with Crippen LogP contribution in [0.4, 0.5) is 0 Å². The normalized spacial score (nSPS) is 22.1. The molecule has 0 aliphatic carbocycles. The molecular formula is C17H31N5O3S. The van der Waals surface area contributed by atoms with Gasteiger partial charge in [0.15, 0.2) is 0 Å². The highest BCUT2D eigenvalue weighted by Gasteiger charge is 2.28. The number of nitrogens with zero attached hydrogens (tertiary/aromatic N) is 3. The Kier molecular flexibility index (Phi) is 7.60. The summed E-state index contributed by atoms with van der Waals surface area (Å²) in [4.78, 5) is 18.8. The lowest BCUT2D eigenvalue weighted by molar-refractivity contribution is -0.125. The van der Waals surface area contributed by atoms with E-state index in [1.807, 2.05) is 36.7 Å². The second-order valence-electron chi connectivity index (χ2n) is 7.15. The number of rotatable bonds is 8. The van der Waals surface area contributed by atoms with Gasteiger partial charge in [-0.2, -0.15) is 0 Å². The van der Waals surface area contributed by atoms with Gasteiger partial charge in [-0.15, -0.1) is 0 Å². The lowest BCUT2D eigenvalue weighted by atomic mass is 10.0. The van der Waals surface area contributed by atoms with Crippen LogP contribution < -0.4 is 10.0 Å². The SMILES string of the molecule is CCCCS(=O)(=O)N[C@H]1CC[C@@H](C(=O)NCc2nccn2C)CN(C)C1. The predicted octanol–water partition coefficient (Wildman–Crippen LogP) is 0.466.